The molecule has 0 bridgehead atoms. The van der Waals surface area contributed by atoms with Gasteiger partial charge in [0.1, 0.15) is 0 Å². The molecule has 0 fully saturated rings. The Morgan fingerprint density at radius 2 is 1.90 bits per heavy atom. The van der Waals surface area contributed by atoms with Gasteiger partial charge in [-0.3, -0.25) is 5.43 Å². The molecule has 21 heavy (non-hydrogen) atoms. The Balaban J connectivity index is 2.83. The Morgan fingerprint density at radius 3 is 2.43 bits per heavy atom. The average Bonchev–Trinajstić information content (AvgIpc) is 2.41. The molecule has 0 amide bonds. The molecule has 0 saturated carbocycles. The first kappa shape index (κ1) is 17.7. The van der Waals surface area contributed by atoms with Crippen LogP contribution in [0.4, 0.5) is 18.9 Å². The zero-order valence-electron chi connectivity index (χ0n) is 11.5. The topological polar surface area (TPSA) is 36.4 Å². The Kier molecular flexibility index (Phi) is 6.42. The fraction of sp³-hybridized carbons (Fsp3) is 0.385. The van der Waals surface area contributed by atoms with Gasteiger partial charge in [0.05, 0.1) is 16.3 Å². The van der Waals surface area contributed by atoms with Crippen molar-refractivity contribution in [2.45, 2.75) is 32.9 Å². The number of hydrogen-bond acceptors (Lipinski definition) is 2. The van der Waals surface area contributed by atoms with Gasteiger partial charge in [-0.05, 0) is 43.3 Å². The number of hydrogen-bond donors (Lipinski definition) is 2. The highest BCUT2D eigenvalue weighted by Crippen LogP contribution is 2.33. The molecule has 0 unspecified atom stereocenters. The van der Waals surface area contributed by atoms with Gasteiger partial charge >= 0.3 is 6.18 Å². The summed E-state index contributed by atoms with van der Waals surface area (Å²) in [7, 11) is 0. The van der Waals surface area contributed by atoms with Gasteiger partial charge in [0.15, 0.2) is 5.11 Å². The molecule has 116 valence electrons. The van der Waals surface area contributed by atoms with Gasteiger partial charge < -0.3 is 5.32 Å². The molecule has 8 heteroatoms. The lowest BCUT2D eigenvalue weighted by molar-refractivity contribution is -0.137. The van der Waals surface area contributed by atoms with Crippen molar-refractivity contribution in [1.82, 2.24) is 5.43 Å². The SMILES string of the molecule is CCC(CC)=NNC(=S)Nc1cc(C(F)(F)F)ccc1Cl. The zero-order chi connectivity index (χ0) is 16.0. The second-order valence-electron chi connectivity index (χ2n) is 4.14. The largest absolute Gasteiger partial charge is 0.416 e. The molecular formula is C13H15ClF3N3S. The van der Waals surface area contributed by atoms with E-state index in [1.165, 1.54) is 6.07 Å². The minimum absolute atomic E-state index is 0.0775. The van der Waals surface area contributed by atoms with Crippen molar-refractivity contribution < 1.29 is 13.2 Å². The number of benzene rings is 1. The van der Waals surface area contributed by atoms with Gasteiger partial charge in [0.2, 0.25) is 0 Å². The molecule has 0 atom stereocenters. The number of halogens is 4. The normalized spacial score (nSPS) is 11.0. The first-order valence-electron chi connectivity index (χ1n) is 6.27. The lowest BCUT2D eigenvalue weighted by atomic mass is 10.2. The van der Waals surface area contributed by atoms with E-state index in [9.17, 15) is 13.2 Å². The van der Waals surface area contributed by atoms with E-state index in [0.717, 1.165) is 30.7 Å². The minimum Gasteiger partial charge on any atom is -0.330 e. The molecule has 0 spiro atoms. The molecule has 2 N–H and O–H groups in total. The second kappa shape index (κ2) is 7.61. The summed E-state index contributed by atoms with van der Waals surface area (Å²) < 4.78 is 37.9. The quantitative estimate of drug-likeness (QED) is 0.470. The van der Waals surface area contributed by atoms with Crippen LogP contribution in [0.5, 0.6) is 0 Å². The smallest absolute Gasteiger partial charge is 0.330 e. The lowest BCUT2D eigenvalue weighted by Gasteiger charge is -2.13. The molecule has 3 nitrogen and oxygen atoms in total. The number of rotatable bonds is 4. The highest BCUT2D eigenvalue weighted by molar-refractivity contribution is 7.80. The molecule has 0 aliphatic carbocycles. The molecule has 0 aliphatic heterocycles. The summed E-state index contributed by atoms with van der Waals surface area (Å²) in [6.07, 6.45) is -2.92. The van der Waals surface area contributed by atoms with E-state index in [2.05, 4.69) is 15.8 Å². The highest BCUT2D eigenvalue weighted by Gasteiger charge is 2.31. The van der Waals surface area contributed by atoms with Crippen LogP contribution >= 0.6 is 23.8 Å². The Morgan fingerprint density at radius 1 is 1.29 bits per heavy atom. The first-order valence-corrected chi connectivity index (χ1v) is 7.05. The van der Waals surface area contributed by atoms with Crippen LogP contribution in [-0.4, -0.2) is 10.8 Å². The summed E-state index contributed by atoms with van der Waals surface area (Å²) in [6.45, 7) is 3.90. The van der Waals surface area contributed by atoms with Crippen LogP contribution in [0.2, 0.25) is 5.02 Å². The predicted molar refractivity (Wildman–Crippen MR) is 83.8 cm³/mol. The summed E-state index contributed by atoms with van der Waals surface area (Å²) in [5.41, 5.74) is 2.76. The number of alkyl halides is 3. The van der Waals surface area contributed by atoms with Crippen molar-refractivity contribution in [1.29, 1.82) is 0 Å². The third kappa shape index (κ3) is 5.51. The maximum atomic E-state index is 12.6. The number of nitrogens with zero attached hydrogens (tertiary/aromatic N) is 1. The molecular weight excluding hydrogens is 323 g/mol. The van der Waals surface area contributed by atoms with Crippen molar-refractivity contribution >= 4 is 40.3 Å². The van der Waals surface area contributed by atoms with Crippen LogP contribution in [-0.2, 0) is 6.18 Å². The maximum absolute atomic E-state index is 12.6. The fourth-order valence-corrected chi connectivity index (χ4v) is 1.81. The Hall–Kier alpha value is -1.34. The third-order valence-corrected chi connectivity index (χ3v) is 3.20. The van der Waals surface area contributed by atoms with Gasteiger partial charge in [-0.1, -0.05) is 25.4 Å². The van der Waals surface area contributed by atoms with Crippen molar-refractivity contribution in [3.05, 3.63) is 28.8 Å². The number of hydrazone groups is 1. The van der Waals surface area contributed by atoms with E-state index in [4.69, 9.17) is 23.8 Å². The molecule has 0 aliphatic rings. The lowest BCUT2D eigenvalue weighted by Crippen LogP contribution is -2.25. The summed E-state index contributed by atoms with van der Waals surface area (Å²) in [5.74, 6) is 0. The summed E-state index contributed by atoms with van der Waals surface area (Å²) in [5, 5.41) is 6.88. The maximum Gasteiger partial charge on any atom is 0.416 e. The van der Waals surface area contributed by atoms with E-state index >= 15 is 0 Å². The summed E-state index contributed by atoms with van der Waals surface area (Å²) in [4.78, 5) is 0. The van der Waals surface area contributed by atoms with Crippen molar-refractivity contribution in [3.8, 4) is 0 Å². The predicted octanol–water partition coefficient (Wildman–Crippen LogP) is 4.82. The molecule has 0 radical (unpaired) electrons. The van der Waals surface area contributed by atoms with E-state index in [-0.39, 0.29) is 15.8 Å². The van der Waals surface area contributed by atoms with Crippen molar-refractivity contribution in [3.63, 3.8) is 0 Å². The third-order valence-electron chi connectivity index (χ3n) is 2.67. The molecule has 0 aromatic heterocycles. The Labute approximate surface area is 131 Å². The van der Waals surface area contributed by atoms with Gasteiger partial charge in [0, 0.05) is 5.71 Å². The van der Waals surface area contributed by atoms with E-state index in [1.807, 2.05) is 13.8 Å². The monoisotopic (exact) mass is 337 g/mol. The number of thiocarbonyl (C=S) groups is 1. The van der Waals surface area contributed by atoms with Crippen LogP contribution in [0.1, 0.15) is 32.3 Å². The average molecular weight is 338 g/mol. The molecule has 0 saturated heterocycles. The van der Waals surface area contributed by atoms with E-state index in [1.54, 1.807) is 0 Å². The van der Waals surface area contributed by atoms with Gasteiger partial charge in [-0.15, -0.1) is 0 Å². The van der Waals surface area contributed by atoms with Crippen LogP contribution < -0.4 is 10.7 Å². The van der Waals surface area contributed by atoms with Crippen molar-refractivity contribution in [2.24, 2.45) is 5.10 Å². The zero-order valence-corrected chi connectivity index (χ0v) is 13.1. The molecule has 1 aromatic carbocycles. The van der Waals surface area contributed by atoms with Crippen LogP contribution in [0.15, 0.2) is 23.3 Å². The van der Waals surface area contributed by atoms with Crippen LogP contribution in [0.3, 0.4) is 0 Å². The standard InChI is InChI=1S/C13H15ClF3N3S/c1-3-9(4-2)19-20-12(21)18-11-7-8(13(15,16)17)5-6-10(11)14/h5-7H,3-4H2,1-2H3,(H2,18,20,21). The summed E-state index contributed by atoms with van der Waals surface area (Å²) in [6, 6.07) is 2.98. The van der Waals surface area contributed by atoms with Crippen LogP contribution in [0.25, 0.3) is 0 Å². The first-order chi connectivity index (χ1) is 9.77. The fourth-order valence-electron chi connectivity index (χ4n) is 1.49. The highest BCUT2D eigenvalue weighted by atomic mass is 35.5. The second-order valence-corrected chi connectivity index (χ2v) is 4.96. The summed E-state index contributed by atoms with van der Waals surface area (Å²) >= 11 is 10.8. The van der Waals surface area contributed by atoms with Gasteiger partial charge in [-0.25, -0.2) is 0 Å². The minimum atomic E-state index is -4.44. The molecule has 1 aromatic rings. The van der Waals surface area contributed by atoms with Gasteiger partial charge in [0.25, 0.3) is 0 Å². The van der Waals surface area contributed by atoms with Crippen LogP contribution in [0, 0.1) is 0 Å². The molecule has 1 rings (SSSR count). The number of nitrogens with one attached hydrogen (secondary N) is 2. The van der Waals surface area contributed by atoms with Crippen molar-refractivity contribution in [2.75, 3.05) is 5.32 Å². The van der Waals surface area contributed by atoms with Gasteiger partial charge in [-0.2, -0.15) is 18.3 Å². The molecule has 0 heterocycles. The number of anilines is 1. The Bertz CT molecular complexity index is 538. The van der Waals surface area contributed by atoms with E-state index in [0.29, 0.717) is 0 Å². The van der Waals surface area contributed by atoms with E-state index < -0.39 is 11.7 Å².